The number of carbonyl (C=O) groups excluding carboxylic acids is 2. The molecule has 1 heterocycles. The summed E-state index contributed by atoms with van der Waals surface area (Å²) in [6, 6.07) is 7.02. The van der Waals surface area contributed by atoms with Crippen LogP contribution in [-0.4, -0.2) is 39.7 Å². The minimum Gasteiger partial charge on any atom is -0.358 e. The van der Waals surface area contributed by atoms with Crippen LogP contribution in [0.1, 0.15) is 0 Å². The predicted octanol–water partition coefficient (Wildman–Crippen LogP) is 5.99. The van der Waals surface area contributed by atoms with Gasteiger partial charge in [-0.2, -0.15) is 0 Å². The van der Waals surface area contributed by atoms with Gasteiger partial charge in [-0.1, -0.05) is 58.5 Å². The minimum absolute atomic E-state index is 0.0372. The molecule has 31 heavy (non-hydrogen) atoms. The molecule has 1 unspecified atom stereocenters. The third-order valence-corrected chi connectivity index (χ3v) is 6.11. The van der Waals surface area contributed by atoms with Crippen LogP contribution in [0.5, 0.6) is 0 Å². The van der Waals surface area contributed by atoms with Crippen molar-refractivity contribution in [3.05, 3.63) is 57.5 Å². The number of imide groups is 1. The molecule has 1 aliphatic heterocycles. The van der Waals surface area contributed by atoms with Gasteiger partial charge in [-0.15, -0.1) is 0 Å². The highest BCUT2D eigenvalue weighted by Gasteiger charge is 2.44. The molecular formula is C18H11BrCl4F2N4O2. The quantitative estimate of drug-likeness (QED) is 0.277. The SMILES string of the molecule is CN1C(=O)N(c2ccccc2F)C(=O)/C1=N\C(Nc1ccc(Cl)c(Br)c1F)C(Cl)(Cl)Cl. The lowest BCUT2D eigenvalue weighted by atomic mass is 10.3. The van der Waals surface area contributed by atoms with E-state index >= 15 is 0 Å². The lowest BCUT2D eigenvalue weighted by Crippen LogP contribution is -2.36. The summed E-state index contributed by atoms with van der Waals surface area (Å²) in [5.74, 6) is -2.97. The second-order valence-electron chi connectivity index (χ2n) is 6.20. The first-order chi connectivity index (χ1) is 14.4. The normalized spacial score (nSPS) is 17.0. The molecule has 1 atom stereocenters. The van der Waals surface area contributed by atoms with Gasteiger partial charge in [0.1, 0.15) is 5.82 Å². The van der Waals surface area contributed by atoms with E-state index in [1.165, 1.54) is 37.4 Å². The number of nitrogens with zero attached hydrogens (tertiary/aromatic N) is 3. The molecule has 0 spiro atoms. The Bertz CT molecular complexity index is 1100. The van der Waals surface area contributed by atoms with Crippen LogP contribution in [-0.2, 0) is 4.79 Å². The highest BCUT2D eigenvalue weighted by molar-refractivity contribution is 9.10. The van der Waals surface area contributed by atoms with Gasteiger partial charge < -0.3 is 5.32 Å². The standard InChI is InChI=1S/C18H11BrCl4F2N4O2/c1-28-14(15(30)29(17(28)31)11-5-3-2-4-9(11)24)27-16(18(21,22)23)26-10-7-6-8(20)12(19)13(10)25/h2-7,16,26H,1H3/b27-14+. The number of amidine groups is 1. The van der Waals surface area contributed by atoms with Crippen molar-refractivity contribution in [3.63, 3.8) is 0 Å². The van der Waals surface area contributed by atoms with Crippen LogP contribution in [0.4, 0.5) is 25.0 Å². The van der Waals surface area contributed by atoms with E-state index in [9.17, 15) is 18.4 Å². The van der Waals surface area contributed by atoms with E-state index in [4.69, 9.17) is 46.4 Å². The van der Waals surface area contributed by atoms with Gasteiger partial charge in [0.2, 0.25) is 9.63 Å². The number of rotatable bonds is 4. The third kappa shape index (κ3) is 4.75. The van der Waals surface area contributed by atoms with Gasteiger partial charge in [-0.05, 0) is 40.2 Å². The van der Waals surface area contributed by atoms with E-state index in [1.807, 2.05) is 0 Å². The van der Waals surface area contributed by atoms with Gasteiger partial charge in [-0.25, -0.2) is 23.5 Å². The van der Waals surface area contributed by atoms with E-state index in [2.05, 4.69) is 26.2 Å². The molecule has 1 N–H and O–H groups in total. The van der Waals surface area contributed by atoms with E-state index < -0.39 is 39.4 Å². The van der Waals surface area contributed by atoms with Crippen LogP contribution in [0.15, 0.2) is 45.9 Å². The monoisotopic (exact) mass is 572 g/mol. The van der Waals surface area contributed by atoms with Crippen molar-refractivity contribution >= 4 is 91.5 Å². The van der Waals surface area contributed by atoms with E-state index in [1.54, 1.807) is 0 Å². The summed E-state index contributed by atoms with van der Waals surface area (Å²) < 4.78 is 26.5. The largest absolute Gasteiger partial charge is 0.358 e. The summed E-state index contributed by atoms with van der Waals surface area (Å²) in [6.07, 6.45) is -1.50. The van der Waals surface area contributed by atoms with Crippen molar-refractivity contribution in [2.45, 2.75) is 9.96 Å². The first-order valence-electron chi connectivity index (χ1n) is 8.34. The first-order valence-corrected chi connectivity index (χ1v) is 10.6. The molecule has 2 aromatic rings. The third-order valence-electron chi connectivity index (χ3n) is 4.17. The van der Waals surface area contributed by atoms with Gasteiger partial charge in [0.05, 0.1) is 20.9 Å². The molecule has 1 fully saturated rings. The van der Waals surface area contributed by atoms with Crippen molar-refractivity contribution in [1.29, 1.82) is 0 Å². The second kappa shape index (κ2) is 9.07. The van der Waals surface area contributed by atoms with E-state index in [0.29, 0.717) is 4.90 Å². The zero-order chi connectivity index (χ0) is 23.1. The van der Waals surface area contributed by atoms with Gasteiger partial charge >= 0.3 is 11.9 Å². The fraction of sp³-hybridized carbons (Fsp3) is 0.167. The molecule has 2 aromatic carbocycles. The van der Waals surface area contributed by atoms with Crippen molar-refractivity contribution in [2.75, 3.05) is 17.3 Å². The number of amides is 3. The first kappa shape index (κ1) is 24.0. The Morgan fingerprint density at radius 1 is 1.13 bits per heavy atom. The molecule has 0 radical (unpaired) electrons. The highest BCUT2D eigenvalue weighted by atomic mass is 79.9. The Morgan fingerprint density at radius 3 is 2.39 bits per heavy atom. The second-order valence-corrected chi connectivity index (χ2v) is 9.77. The maximum Gasteiger partial charge on any atom is 0.337 e. The molecule has 1 saturated heterocycles. The van der Waals surface area contributed by atoms with Crippen LogP contribution in [0, 0.1) is 11.6 Å². The number of aliphatic imine (C=N–C) groups is 1. The average molecular weight is 575 g/mol. The zero-order valence-electron chi connectivity index (χ0n) is 15.3. The molecule has 13 heteroatoms. The fourth-order valence-corrected chi connectivity index (χ4v) is 3.45. The van der Waals surface area contributed by atoms with Crippen molar-refractivity contribution < 1.29 is 18.4 Å². The Balaban J connectivity index is 2.01. The zero-order valence-corrected chi connectivity index (χ0v) is 20.0. The Kier molecular flexibility index (Phi) is 7.02. The van der Waals surface area contributed by atoms with Crippen LogP contribution in [0.3, 0.4) is 0 Å². The number of likely N-dealkylation sites (N-methyl/N-ethyl adjacent to an activating group) is 1. The maximum atomic E-state index is 14.5. The van der Waals surface area contributed by atoms with Crippen molar-refractivity contribution in [2.24, 2.45) is 4.99 Å². The summed E-state index contributed by atoms with van der Waals surface area (Å²) in [5, 5.41) is 2.68. The molecule has 3 rings (SSSR count). The fourth-order valence-electron chi connectivity index (χ4n) is 2.65. The minimum atomic E-state index is -2.17. The number of hydrogen-bond donors (Lipinski definition) is 1. The van der Waals surface area contributed by atoms with Gasteiger partial charge in [0, 0.05) is 7.05 Å². The topological polar surface area (TPSA) is 65.0 Å². The molecular weight excluding hydrogens is 564 g/mol. The number of para-hydroxylation sites is 1. The highest BCUT2D eigenvalue weighted by Crippen LogP contribution is 2.37. The Hall–Kier alpha value is -1.65. The molecule has 3 amide bonds. The molecule has 0 saturated carbocycles. The van der Waals surface area contributed by atoms with E-state index in [-0.39, 0.29) is 20.9 Å². The number of nitrogens with one attached hydrogen (secondary N) is 1. The molecule has 164 valence electrons. The van der Waals surface area contributed by atoms with Crippen LogP contribution >= 0.6 is 62.3 Å². The average Bonchev–Trinajstić information content (AvgIpc) is 2.90. The number of anilines is 2. The number of alkyl halides is 3. The lowest BCUT2D eigenvalue weighted by molar-refractivity contribution is -0.111. The summed E-state index contributed by atoms with van der Waals surface area (Å²) in [5.41, 5.74) is -0.400. The van der Waals surface area contributed by atoms with Crippen molar-refractivity contribution in [3.8, 4) is 0 Å². The predicted molar refractivity (Wildman–Crippen MR) is 121 cm³/mol. The molecule has 0 bridgehead atoms. The molecule has 1 aliphatic rings. The molecule has 0 aliphatic carbocycles. The number of carbonyl (C=O) groups is 2. The van der Waals surface area contributed by atoms with Crippen molar-refractivity contribution in [1.82, 2.24) is 4.90 Å². The van der Waals surface area contributed by atoms with Crippen LogP contribution in [0.25, 0.3) is 0 Å². The van der Waals surface area contributed by atoms with Gasteiger partial charge in [0.25, 0.3) is 0 Å². The Morgan fingerprint density at radius 2 is 1.77 bits per heavy atom. The van der Waals surface area contributed by atoms with E-state index in [0.717, 1.165) is 11.0 Å². The molecule has 0 aromatic heterocycles. The summed E-state index contributed by atoms with van der Waals surface area (Å²) >= 11 is 26.8. The smallest absolute Gasteiger partial charge is 0.337 e. The summed E-state index contributed by atoms with van der Waals surface area (Å²) in [6.45, 7) is 0. The number of halogens is 7. The number of urea groups is 1. The summed E-state index contributed by atoms with van der Waals surface area (Å²) in [7, 11) is 1.24. The lowest BCUT2D eigenvalue weighted by Gasteiger charge is -2.24. The summed E-state index contributed by atoms with van der Waals surface area (Å²) in [4.78, 5) is 31.0. The molecule has 6 nitrogen and oxygen atoms in total. The number of benzene rings is 2. The van der Waals surface area contributed by atoms with Crippen LogP contribution in [0.2, 0.25) is 5.02 Å². The Labute approximate surface area is 203 Å². The van der Waals surface area contributed by atoms with Crippen LogP contribution < -0.4 is 10.2 Å². The van der Waals surface area contributed by atoms with Gasteiger partial charge in [0.15, 0.2) is 12.0 Å². The number of hydrogen-bond acceptors (Lipinski definition) is 4. The maximum absolute atomic E-state index is 14.5. The van der Waals surface area contributed by atoms with Gasteiger partial charge in [-0.3, -0.25) is 9.69 Å².